The zero-order valence-electron chi connectivity index (χ0n) is 16.5. The number of hydrogen-bond donors (Lipinski definition) is 0. The molecule has 0 aliphatic carbocycles. The van der Waals surface area contributed by atoms with E-state index in [0.717, 1.165) is 23.6 Å². The van der Waals surface area contributed by atoms with Crippen LogP contribution >= 0.6 is 11.6 Å². The van der Waals surface area contributed by atoms with Crippen molar-refractivity contribution in [3.05, 3.63) is 64.7 Å². The summed E-state index contributed by atoms with van der Waals surface area (Å²) >= 11 is 6.32. The number of hydrogen-bond acceptors (Lipinski definition) is 4. The van der Waals surface area contributed by atoms with Gasteiger partial charge in [-0.25, -0.2) is 12.7 Å². The lowest BCUT2D eigenvalue weighted by molar-refractivity contribution is -0.116. The molecule has 8 heteroatoms. The summed E-state index contributed by atoms with van der Waals surface area (Å²) in [5.41, 5.74) is 1.82. The van der Waals surface area contributed by atoms with E-state index in [1.165, 1.54) is 23.8 Å². The molecule has 0 spiro atoms. The van der Waals surface area contributed by atoms with Crippen molar-refractivity contribution in [3.8, 4) is 0 Å². The first kappa shape index (κ1) is 20.9. The molecule has 2 amide bonds. The topological polar surface area (TPSA) is 74.8 Å². The van der Waals surface area contributed by atoms with Crippen LogP contribution in [0.25, 0.3) is 0 Å². The maximum atomic E-state index is 13.0. The fourth-order valence-electron chi connectivity index (χ4n) is 4.13. The van der Waals surface area contributed by atoms with E-state index in [4.69, 9.17) is 11.6 Å². The average molecular weight is 447 g/mol. The van der Waals surface area contributed by atoms with Crippen LogP contribution in [0.4, 0.5) is 5.69 Å². The SMILES string of the molecule is O=C(c1ccc(N2C(=O)CCS2(=O)=O)cc1Cl)N1CCC(Cc2ccccc2)CC1. The standard InChI is InChI=1S/C22H23ClN2O4S/c23-20-15-18(25-21(26)10-13-30(25,28)29)6-7-19(20)22(27)24-11-8-17(9-12-24)14-16-4-2-1-3-5-16/h1-7,15,17H,8-14H2. The molecule has 2 aromatic carbocycles. The molecule has 0 unspecified atom stereocenters. The van der Waals surface area contributed by atoms with Crippen LogP contribution in [0.5, 0.6) is 0 Å². The van der Waals surface area contributed by atoms with Gasteiger partial charge in [0.05, 0.1) is 22.0 Å². The highest BCUT2D eigenvalue weighted by atomic mass is 35.5. The van der Waals surface area contributed by atoms with Gasteiger partial charge < -0.3 is 4.90 Å². The van der Waals surface area contributed by atoms with E-state index < -0.39 is 15.9 Å². The molecule has 2 aliphatic rings. The molecule has 2 heterocycles. The third-order valence-corrected chi connectivity index (χ3v) is 7.77. The zero-order valence-corrected chi connectivity index (χ0v) is 18.0. The summed E-state index contributed by atoms with van der Waals surface area (Å²) in [5.74, 6) is -0.311. The Bertz CT molecular complexity index is 1060. The van der Waals surface area contributed by atoms with Gasteiger partial charge in [0.1, 0.15) is 0 Å². The molecular formula is C22H23ClN2O4S. The van der Waals surface area contributed by atoms with E-state index in [1.54, 1.807) is 4.90 Å². The Hall–Kier alpha value is -2.38. The number of nitrogens with zero attached hydrogens (tertiary/aromatic N) is 2. The van der Waals surface area contributed by atoms with E-state index in [0.29, 0.717) is 24.6 Å². The Kier molecular flexibility index (Phi) is 5.84. The molecule has 0 saturated carbocycles. The van der Waals surface area contributed by atoms with Crippen LogP contribution in [-0.4, -0.2) is 44.0 Å². The van der Waals surface area contributed by atoms with Crippen LogP contribution in [0.3, 0.4) is 0 Å². The molecule has 4 rings (SSSR count). The van der Waals surface area contributed by atoms with Crippen molar-refractivity contribution >= 4 is 39.1 Å². The fraction of sp³-hybridized carbons (Fsp3) is 0.364. The lowest BCUT2D eigenvalue weighted by atomic mass is 9.90. The Labute approximate surface area is 181 Å². The molecule has 0 aromatic heterocycles. The molecule has 2 aromatic rings. The predicted molar refractivity (Wildman–Crippen MR) is 116 cm³/mol. The molecule has 2 fully saturated rings. The van der Waals surface area contributed by atoms with Crippen molar-refractivity contribution in [2.24, 2.45) is 5.92 Å². The minimum absolute atomic E-state index is 0.0431. The van der Waals surface area contributed by atoms with E-state index >= 15 is 0 Å². The molecule has 0 N–H and O–H groups in total. The van der Waals surface area contributed by atoms with Gasteiger partial charge >= 0.3 is 0 Å². The normalized spacial score (nSPS) is 19.3. The van der Waals surface area contributed by atoms with Crippen molar-refractivity contribution < 1.29 is 18.0 Å². The van der Waals surface area contributed by atoms with Gasteiger partial charge in [-0.3, -0.25) is 9.59 Å². The summed E-state index contributed by atoms with van der Waals surface area (Å²) in [6, 6.07) is 14.7. The molecule has 2 aliphatic heterocycles. The van der Waals surface area contributed by atoms with Crippen LogP contribution in [0.2, 0.25) is 5.02 Å². The predicted octanol–water partition coefficient (Wildman–Crippen LogP) is 3.50. The number of likely N-dealkylation sites (tertiary alicyclic amines) is 1. The van der Waals surface area contributed by atoms with E-state index in [-0.39, 0.29) is 28.8 Å². The summed E-state index contributed by atoms with van der Waals surface area (Å²) in [7, 11) is -3.66. The van der Waals surface area contributed by atoms with Gasteiger partial charge in [-0.1, -0.05) is 41.9 Å². The second-order valence-corrected chi connectivity index (χ2v) is 10.2. The molecule has 0 atom stereocenters. The van der Waals surface area contributed by atoms with Gasteiger partial charge in [-0.15, -0.1) is 0 Å². The molecule has 158 valence electrons. The summed E-state index contributed by atoms with van der Waals surface area (Å²) < 4.78 is 25.0. The number of piperidine rings is 1. The molecule has 30 heavy (non-hydrogen) atoms. The minimum atomic E-state index is -3.66. The number of anilines is 1. The molecule has 0 bridgehead atoms. The number of carbonyl (C=O) groups excluding carboxylic acids is 2. The largest absolute Gasteiger partial charge is 0.339 e. The van der Waals surface area contributed by atoms with Crippen LogP contribution < -0.4 is 4.31 Å². The third-order valence-electron chi connectivity index (χ3n) is 5.77. The van der Waals surface area contributed by atoms with Crippen LogP contribution in [0.1, 0.15) is 35.2 Å². The zero-order chi connectivity index (χ0) is 21.3. The van der Waals surface area contributed by atoms with Crippen LogP contribution in [0.15, 0.2) is 48.5 Å². The Morgan fingerprint density at radius 1 is 1.07 bits per heavy atom. The van der Waals surface area contributed by atoms with Gasteiger partial charge in [0.15, 0.2) is 0 Å². The van der Waals surface area contributed by atoms with E-state index in [9.17, 15) is 18.0 Å². The third kappa shape index (κ3) is 4.23. The highest BCUT2D eigenvalue weighted by Gasteiger charge is 2.36. The number of carbonyl (C=O) groups is 2. The quantitative estimate of drug-likeness (QED) is 0.720. The number of amides is 2. The lowest BCUT2D eigenvalue weighted by Gasteiger charge is -2.32. The van der Waals surface area contributed by atoms with Crippen molar-refractivity contribution in [2.45, 2.75) is 25.7 Å². The molecular weight excluding hydrogens is 424 g/mol. The number of benzene rings is 2. The number of halogens is 1. The lowest BCUT2D eigenvalue weighted by Crippen LogP contribution is -2.39. The second-order valence-electron chi connectivity index (χ2n) is 7.81. The van der Waals surface area contributed by atoms with E-state index in [2.05, 4.69) is 12.1 Å². The fourth-order valence-corrected chi connectivity index (χ4v) is 5.84. The van der Waals surface area contributed by atoms with Crippen molar-refractivity contribution in [1.29, 1.82) is 0 Å². The minimum Gasteiger partial charge on any atom is -0.339 e. The first-order valence-electron chi connectivity index (χ1n) is 10.0. The summed E-state index contributed by atoms with van der Waals surface area (Å²) in [6.07, 6.45) is 2.82. The average Bonchev–Trinajstić information content (AvgIpc) is 3.01. The monoisotopic (exact) mass is 446 g/mol. The molecule has 6 nitrogen and oxygen atoms in total. The molecule has 0 radical (unpaired) electrons. The van der Waals surface area contributed by atoms with Gasteiger partial charge in [0, 0.05) is 19.5 Å². The van der Waals surface area contributed by atoms with Crippen molar-refractivity contribution in [2.75, 3.05) is 23.1 Å². The van der Waals surface area contributed by atoms with Gasteiger partial charge in [-0.05, 0) is 48.9 Å². The van der Waals surface area contributed by atoms with Gasteiger partial charge in [-0.2, -0.15) is 0 Å². The summed E-state index contributed by atoms with van der Waals surface area (Å²) in [4.78, 5) is 26.7. The van der Waals surface area contributed by atoms with Gasteiger partial charge in [0.25, 0.3) is 5.91 Å². The Morgan fingerprint density at radius 2 is 1.77 bits per heavy atom. The van der Waals surface area contributed by atoms with Crippen LogP contribution in [-0.2, 0) is 21.2 Å². The first-order chi connectivity index (χ1) is 14.3. The summed E-state index contributed by atoms with van der Waals surface area (Å²) in [5, 5.41) is 0.152. The Balaban J connectivity index is 1.42. The van der Waals surface area contributed by atoms with E-state index in [1.807, 2.05) is 18.2 Å². The maximum absolute atomic E-state index is 13.0. The Morgan fingerprint density at radius 3 is 2.37 bits per heavy atom. The van der Waals surface area contributed by atoms with Crippen molar-refractivity contribution in [3.63, 3.8) is 0 Å². The smallest absolute Gasteiger partial charge is 0.255 e. The number of sulfonamides is 1. The number of rotatable bonds is 4. The van der Waals surface area contributed by atoms with Crippen LogP contribution in [0, 0.1) is 5.92 Å². The molecule has 2 saturated heterocycles. The maximum Gasteiger partial charge on any atom is 0.255 e. The highest BCUT2D eigenvalue weighted by Crippen LogP contribution is 2.31. The van der Waals surface area contributed by atoms with Crippen molar-refractivity contribution in [1.82, 2.24) is 4.90 Å². The summed E-state index contributed by atoms with van der Waals surface area (Å²) in [6.45, 7) is 1.32. The van der Waals surface area contributed by atoms with Gasteiger partial charge in [0.2, 0.25) is 15.9 Å². The second kappa shape index (κ2) is 8.40. The highest BCUT2D eigenvalue weighted by molar-refractivity contribution is 7.94. The first-order valence-corrected chi connectivity index (χ1v) is 12.0.